The monoisotopic (exact) mass is 170 g/mol. The lowest BCUT2D eigenvalue weighted by atomic mass is 10.3. The number of halogens is 1. The topological polar surface area (TPSA) is 30.2 Å². The zero-order valence-corrected chi connectivity index (χ0v) is 6.54. The third kappa shape index (κ3) is 2.60. The minimum atomic E-state index is 0.357. The first-order chi connectivity index (χ1) is 5.33. The number of furan rings is 1. The molecule has 0 aliphatic heterocycles. The number of allylic oxidation sites excluding steroid dienone is 1. The van der Waals surface area contributed by atoms with Crippen molar-refractivity contribution >= 4 is 24.0 Å². The molecule has 3 heteroatoms. The number of carbonyl (C=O) groups is 1. The van der Waals surface area contributed by atoms with Crippen LogP contribution in [0.5, 0.6) is 0 Å². The van der Waals surface area contributed by atoms with Crippen LogP contribution in [0.15, 0.2) is 22.6 Å². The molecule has 0 radical (unpaired) electrons. The minimum absolute atomic E-state index is 0.357. The van der Waals surface area contributed by atoms with Crippen molar-refractivity contribution in [3.05, 3.63) is 29.2 Å². The van der Waals surface area contributed by atoms with Crippen LogP contribution >= 0.6 is 11.6 Å². The molecule has 1 heterocycles. The van der Waals surface area contributed by atoms with Crippen LogP contribution in [0, 0.1) is 0 Å². The molecule has 0 saturated carbocycles. The molecule has 1 rings (SSSR count). The van der Waals surface area contributed by atoms with Gasteiger partial charge in [-0.15, -0.1) is 0 Å². The summed E-state index contributed by atoms with van der Waals surface area (Å²) in [5.74, 6) is 0.664. The van der Waals surface area contributed by atoms with E-state index in [0.717, 1.165) is 6.29 Å². The molecule has 0 amide bonds. The summed E-state index contributed by atoms with van der Waals surface area (Å²) >= 11 is 5.50. The molecular weight excluding hydrogens is 164 g/mol. The number of aldehydes is 1. The van der Waals surface area contributed by atoms with Crippen LogP contribution < -0.4 is 0 Å². The molecule has 0 bridgehead atoms. The largest absolute Gasteiger partial charge is 0.445 e. The highest BCUT2D eigenvalue weighted by Crippen LogP contribution is 2.14. The molecule has 0 N–H and O–H groups in total. The molecule has 0 saturated heterocycles. The van der Waals surface area contributed by atoms with Gasteiger partial charge in [0, 0.05) is 6.42 Å². The summed E-state index contributed by atoms with van der Waals surface area (Å²) in [5, 5.41) is 0.357. The normalized spacial score (nSPS) is 10.6. The molecule has 0 aromatic carbocycles. The van der Waals surface area contributed by atoms with Gasteiger partial charge in [-0.1, -0.05) is 6.08 Å². The SMILES string of the molecule is O=CC/C=C\c1ccc(Cl)o1. The lowest BCUT2D eigenvalue weighted by molar-refractivity contribution is -0.107. The molecule has 0 aliphatic carbocycles. The zero-order chi connectivity index (χ0) is 8.10. The van der Waals surface area contributed by atoms with Gasteiger partial charge in [-0.3, -0.25) is 0 Å². The highest BCUT2D eigenvalue weighted by Gasteiger charge is 1.92. The summed E-state index contributed by atoms with van der Waals surface area (Å²) in [4.78, 5) is 9.89. The second kappa shape index (κ2) is 3.98. The van der Waals surface area contributed by atoms with Gasteiger partial charge in [-0.2, -0.15) is 0 Å². The molecule has 0 atom stereocenters. The first kappa shape index (κ1) is 8.08. The lowest BCUT2D eigenvalue weighted by Crippen LogP contribution is -1.65. The Morgan fingerprint density at radius 3 is 2.91 bits per heavy atom. The third-order valence-corrected chi connectivity index (χ3v) is 1.31. The molecule has 0 fully saturated rings. The van der Waals surface area contributed by atoms with Crippen molar-refractivity contribution in [3.8, 4) is 0 Å². The Balaban J connectivity index is 2.56. The Labute approximate surface area is 69.5 Å². The predicted octanol–water partition coefficient (Wildman–Crippen LogP) is 2.54. The van der Waals surface area contributed by atoms with Crippen LogP contribution in [-0.2, 0) is 4.79 Å². The minimum Gasteiger partial charge on any atom is -0.445 e. The van der Waals surface area contributed by atoms with Crippen molar-refractivity contribution in [2.45, 2.75) is 6.42 Å². The van der Waals surface area contributed by atoms with Gasteiger partial charge < -0.3 is 9.21 Å². The van der Waals surface area contributed by atoms with E-state index in [0.29, 0.717) is 17.4 Å². The number of hydrogen-bond acceptors (Lipinski definition) is 2. The van der Waals surface area contributed by atoms with Gasteiger partial charge in [-0.05, 0) is 29.8 Å². The van der Waals surface area contributed by atoms with Gasteiger partial charge >= 0.3 is 0 Å². The second-order valence-electron chi connectivity index (χ2n) is 1.95. The van der Waals surface area contributed by atoms with E-state index >= 15 is 0 Å². The zero-order valence-electron chi connectivity index (χ0n) is 5.79. The maximum absolute atomic E-state index is 9.89. The summed E-state index contributed by atoms with van der Waals surface area (Å²) < 4.78 is 4.99. The smallest absolute Gasteiger partial charge is 0.193 e. The van der Waals surface area contributed by atoms with E-state index in [-0.39, 0.29) is 0 Å². The van der Waals surface area contributed by atoms with Gasteiger partial charge in [0.2, 0.25) is 0 Å². The fraction of sp³-hybridized carbons (Fsp3) is 0.125. The lowest BCUT2D eigenvalue weighted by Gasteiger charge is -1.81. The first-order valence-electron chi connectivity index (χ1n) is 3.18. The molecule has 2 nitrogen and oxygen atoms in total. The van der Waals surface area contributed by atoms with Crippen LogP contribution in [0.25, 0.3) is 6.08 Å². The van der Waals surface area contributed by atoms with Gasteiger partial charge in [0.05, 0.1) is 0 Å². The highest BCUT2D eigenvalue weighted by atomic mass is 35.5. The van der Waals surface area contributed by atoms with Crippen molar-refractivity contribution in [2.75, 3.05) is 0 Å². The summed E-state index contributed by atoms with van der Waals surface area (Å²) in [6, 6.07) is 3.39. The van der Waals surface area contributed by atoms with E-state index in [1.807, 2.05) is 0 Å². The van der Waals surface area contributed by atoms with E-state index in [1.165, 1.54) is 0 Å². The Kier molecular flexibility index (Phi) is 2.93. The van der Waals surface area contributed by atoms with E-state index in [9.17, 15) is 4.79 Å². The number of hydrogen-bond donors (Lipinski definition) is 0. The molecule has 0 unspecified atom stereocenters. The second-order valence-corrected chi connectivity index (χ2v) is 2.32. The number of carbonyl (C=O) groups excluding carboxylic acids is 1. The molecule has 1 aromatic heterocycles. The molecule has 1 aromatic rings. The van der Waals surface area contributed by atoms with E-state index in [1.54, 1.807) is 24.3 Å². The van der Waals surface area contributed by atoms with E-state index in [2.05, 4.69) is 0 Å². The fourth-order valence-electron chi connectivity index (χ4n) is 0.658. The van der Waals surface area contributed by atoms with Gasteiger partial charge in [0.15, 0.2) is 5.22 Å². The Morgan fingerprint density at radius 2 is 2.36 bits per heavy atom. The summed E-state index contributed by atoms with van der Waals surface area (Å²) in [5.41, 5.74) is 0. The van der Waals surface area contributed by atoms with E-state index < -0.39 is 0 Å². The van der Waals surface area contributed by atoms with Crippen LogP contribution in [0.3, 0.4) is 0 Å². The average molecular weight is 171 g/mol. The van der Waals surface area contributed by atoms with Crippen molar-refractivity contribution in [1.82, 2.24) is 0 Å². The molecule has 11 heavy (non-hydrogen) atoms. The van der Waals surface area contributed by atoms with Gasteiger partial charge in [0.1, 0.15) is 12.0 Å². The summed E-state index contributed by atoms with van der Waals surface area (Å²) in [6.45, 7) is 0. The van der Waals surface area contributed by atoms with Crippen LogP contribution in [-0.4, -0.2) is 6.29 Å². The first-order valence-corrected chi connectivity index (χ1v) is 3.56. The van der Waals surface area contributed by atoms with Crippen molar-refractivity contribution in [2.24, 2.45) is 0 Å². The quantitative estimate of drug-likeness (QED) is 0.653. The standard InChI is InChI=1S/C8H7ClO2/c9-8-5-4-7(11-8)3-1-2-6-10/h1,3-6H,2H2/b3-1-. The summed E-state index contributed by atoms with van der Waals surface area (Å²) in [7, 11) is 0. The molecule has 58 valence electrons. The van der Waals surface area contributed by atoms with Crippen LogP contribution in [0.2, 0.25) is 5.22 Å². The van der Waals surface area contributed by atoms with Crippen LogP contribution in [0.1, 0.15) is 12.2 Å². The van der Waals surface area contributed by atoms with Crippen molar-refractivity contribution in [3.63, 3.8) is 0 Å². The molecule has 0 aliphatic rings. The van der Waals surface area contributed by atoms with Gasteiger partial charge in [-0.25, -0.2) is 0 Å². The number of rotatable bonds is 3. The highest BCUT2D eigenvalue weighted by molar-refractivity contribution is 6.28. The van der Waals surface area contributed by atoms with Crippen LogP contribution in [0.4, 0.5) is 0 Å². The van der Waals surface area contributed by atoms with Crippen molar-refractivity contribution < 1.29 is 9.21 Å². The summed E-state index contributed by atoms with van der Waals surface area (Å²) in [6.07, 6.45) is 4.64. The molecule has 0 spiro atoms. The fourth-order valence-corrected chi connectivity index (χ4v) is 0.810. The van der Waals surface area contributed by atoms with Gasteiger partial charge in [0.25, 0.3) is 0 Å². The Morgan fingerprint density at radius 1 is 1.55 bits per heavy atom. The van der Waals surface area contributed by atoms with E-state index in [4.69, 9.17) is 16.0 Å². The maximum Gasteiger partial charge on any atom is 0.193 e. The third-order valence-electron chi connectivity index (χ3n) is 1.11. The Hall–Kier alpha value is -1.02. The average Bonchev–Trinajstić information content (AvgIpc) is 2.37. The Bertz CT molecular complexity index is 263. The predicted molar refractivity (Wildman–Crippen MR) is 43.4 cm³/mol. The van der Waals surface area contributed by atoms with Crippen molar-refractivity contribution in [1.29, 1.82) is 0 Å². The maximum atomic E-state index is 9.89. The molecular formula is C8H7ClO2.